The highest BCUT2D eigenvalue weighted by atomic mass is 32.1. The summed E-state index contributed by atoms with van der Waals surface area (Å²) in [5.74, 6) is 1.90. The highest BCUT2D eigenvalue weighted by Crippen LogP contribution is 2.25. The van der Waals surface area contributed by atoms with Gasteiger partial charge in [-0.2, -0.15) is 16.3 Å². The summed E-state index contributed by atoms with van der Waals surface area (Å²) in [5.41, 5.74) is 2.07. The smallest absolute Gasteiger partial charge is 0.276 e. The largest absolute Gasteiger partial charge is 0.355 e. The molecular formula is C21H19N5O3S. The molecule has 1 atom stereocenters. The number of rotatable bonds is 5. The van der Waals surface area contributed by atoms with Gasteiger partial charge >= 0.3 is 0 Å². The Morgan fingerprint density at radius 2 is 2.20 bits per heavy atom. The normalized spacial score (nSPS) is 16.7. The third-order valence-corrected chi connectivity index (χ3v) is 5.88. The molecule has 0 bridgehead atoms. The monoisotopic (exact) mass is 421 g/mol. The standard InChI is InChI=1S/C21H19N5O3S/c27-21(17-10-18(28-24-17)15-4-1-6-22-11-15)26-7-2-3-14(12-26)9-19-23-20(25-29-19)16-5-8-30-13-16/h1,4-6,8,10-11,13-14H,2-3,7,9,12H2/t14-/m0/s1. The molecule has 0 radical (unpaired) electrons. The zero-order chi connectivity index (χ0) is 20.3. The molecule has 0 aliphatic carbocycles. The Hall–Kier alpha value is -3.33. The molecule has 4 aromatic heterocycles. The van der Waals surface area contributed by atoms with Crippen LogP contribution in [0.15, 0.2) is 56.5 Å². The van der Waals surface area contributed by atoms with Crippen LogP contribution in [0.5, 0.6) is 0 Å². The van der Waals surface area contributed by atoms with Gasteiger partial charge in [-0.25, -0.2) is 0 Å². The second-order valence-corrected chi connectivity index (χ2v) is 8.09. The van der Waals surface area contributed by atoms with Crippen molar-refractivity contribution in [2.24, 2.45) is 5.92 Å². The maximum atomic E-state index is 12.9. The van der Waals surface area contributed by atoms with Crippen LogP contribution in [0.25, 0.3) is 22.7 Å². The molecular weight excluding hydrogens is 402 g/mol. The molecule has 1 amide bonds. The molecule has 0 aromatic carbocycles. The van der Waals surface area contributed by atoms with E-state index in [4.69, 9.17) is 9.05 Å². The van der Waals surface area contributed by atoms with Crippen LogP contribution < -0.4 is 0 Å². The van der Waals surface area contributed by atoms with Crippen molar-refractivity contribution in [2.75, 3.05) is 13.1 Å². The molecule has 1 fully saturated rings. The van der Waals surface area contributed by atoms with E-state index in [0.717, 1.165) is 24.0 Å². The molecule has 4 aromatic rings. The minimum absolute atomic E-state index is 0.122. The summed E-state index contributed by atoms with van der Waals surface area (Å²) in [5, 5.41) is 12.0. The number of aromatic nitrogens is 4. The minimum atomic E-state index is -0.122. The lowest BCUT2D eigenvalue weighted by Gasteiger charge is -2.31. The number of amides is 1. The Balaban J connectivity index is 1.24. The van der Waals surface area contributed by atoms with E-state index in [1.807, 2.05) is 33.9 Å². The summed E-state index contributed by atoms with van der Waals surface area (Å²) in [4.78, 5) is 23.3. The van der Waals surface area contributed by atoms with Crippen molar-refractivity contribution in [1.29, 1.82) is 0 Å². The summed E-state index contributed by atoms with van der Waals surface area (Å²) < 4.78 is 10.8. The number of hydrogen-bond donors (Lipinski definition) is 0. The molecule has 30 heavy (non-hydrogen) atoms. The topological polar surface area (TPSA) is 98.2 Å². The molecule has 0 saturated carbocycles. The number of carbonyl (C=O) groups excluding carboxylic acids is 1. The van der Waals surface area contributed by atoms with E-state index in [2.05, 4.69) is 20.3 Å². The lowest BCUT2D eigenvalue weighted by molar-refractivity contribution is 0.0658. The first-order valence-corrected chi connectivity index (χ1v) is 10.7. The summed E-state index contributed by atoms with van der Waals surface area (Å²) in [6, 6.07) is 7.33. The van der Waals surface area contributed by atoms with Crippen molar-refractivity contribution < 1.29 is 13.8 Å². The fraction of sp³-hybridized carbons (Fsp3) is 0.286. The Labute approximate surface area is 176 Å². The van der Waals surface area contributed by atoms with Crippen molar-refractivity contribution in [1.82, 2.24) is 25.2 Å². The lowest BCUT2D eigenvalue weighted by Crippen LogP contribution is -2.40. The first-order chi connectivity index (χ1) is 14.8. The number of thiophene rings is 1. The molecule has 1 saturated heterocycles. The van der Waals surface area contributed by atoms with Crippen LogP contribution in [0.3, 0.4) is 0 Å². The van der Waals surface area contributed by atoms with Crippen LogP contribution in [0.2, 0.25) is 0 Å². The third kappa shape index (κ3) is 3.88. The van der Waals surface area contributed by atoms with Gasteiger partial charge in [-0.1, -0.05) is 10.3 Å². The molecule has 8 nitrogen and oxygen atoms in total. The van der Waals surface area contributed by atoms with Gasteiger partial charge in [-0.3, -0.25) is 9.78 Å². The van der Waals surface area contributed by atoms with E-state index < -0.39 is 0 Å². The van der Waals surface area contributed by atoms with E-state index in [9.17, 15) is 4.79 Å². The second-order valence-electron chi connectivity index (χ2n) is 7.31. The first kappa shape index (κ1) is 18.7. The Morgan fingerprint density at radius 1 is 1.23 bits per heavy atom. The Morgan fingerprint density at radius 3 is 3.03 bits per heavy atom. The minimum Gasteiger partial charge on any atom is -0.355 e. The average molecular weight is 421 g/mol. The fourth-order valence-electron chi connectivity index (χ4n) is 3.69. The van der Waals surface area contributed by atoms with Crippen molar-refractivity contribution in [3.05, 3.63) is 59.0 Å². The molecule has 0 N–H and O–H groups in total. The van der Waals surface area contributed by atoms with Crippen molar-refractivity contribution >= 4 is 17.2 Å². The van der Waals surface area contributed by atoms with Gasteiger partial charge in [0.15, 0.2) is 11.5 Å². The number of nitrogens with zero attached hydrogens (tertiary/aromatic N) is 5. The summed E-state index contributed by atoms with van der Waals surface area (Å²) >= 11 is 1.60. The lowest BCUT2D eigenvalue weighted by atomic mass is 9.94. The zero-order valence-electron chi connectivity index (χ0n) is 16.1. The Bertz CT molecular complexity index is 1120. The van der Waals surface area contributed by atoms with Gasteiger partial charge in [0.25, 0.3) is 5.91 Å². The van der Waals surface area contributed by atoms with Crippen LogP contribution >= 0.6 is 11.3 Å². The Kier molecular flexibility index (Phi) is 5.10. The van der Waals surface area contributed by atoms with Gasteiger partial charge in [-0.05, 0) is 42.3 Å². The average Bonchev–Trinajstić information content (AvgIpc) is 3.55. The quantitative estimate of drug-likeness (QED) is 0.481. The van der Waals surface area contributed by atoms with E-state index in [-0.39, 0.29) is 11.8 Å². The van der Waals surface area contributed by atoms with Crippen LogP contribution in [-0.2, 0) is 6.42 Å². The highest BCUT2D eigenvalue weighted by Gasteiger charge is 2.28. The molecule has 5 heterocycles. The molecule has 1 aliphatic rings. The van der Waals surface area contributed by atoms with Crippen LogP contribution in [0.1, 0.15) is 29.2 Å². The van der Waals surface area contributed by atoms with Gasteiger partial charge in [0.2, 0.25) is 11.7 Å². The molecule has 0 unspecified atom stereocenters. The second kappa shape index (κ2) is 8.19. The first-order valence-electron chi connectivity index (χ1n) is 9.78. The van der Waals surface area contributed by atoms with Crippen molar-refractivity contribution in [3.63, 3.8) is 0 Å². The van der Waals surface area contributed by atoms with Gasteiger partial charge < -0.3 is 13.9 Å². The maximum Gasteiger partial charge on any atom is 0.276 e. The van der Waals surface area contributed by atoms with Crippen LogP contribution in [0, 0.1) is 5.92 Å². The number of hydrogen-bond acceptors (Lipinski definition) is 8. The number of likely N-dealkylation sites (tertiary alicyclic amines) is 1. The van der Waals surface area contributed by atoms with Crippen LogP contribution in [0.4, 0.5) is 0 Å². The summed E-state index contributed by atoms with van der Waals surface area (Å²) in [6.07, 6.45) is 5.96. The zero-order valence-corrected chi connectivity index (χ0v) is 16.9. The van der Waals surface area contributed by atoms with E-state index in [1.54, 1.807) is 29.8 Å². The number of pyridine rings is 1. The number of carbonyl (C=O) groups is 1. The fourth-order valence-corrected chi connectivity index (χ4v) is 4.33. The third-order valence-electron chi connectivity index (χ3n) is 5.19. The van der Waals surface area contributed by atoms with Gasteiger partial charge in [0.1, 0.15) is 0 Å². The van der Waals surface area contributed by atoms with Crippen LogP contribution in [-0.4, -0.2) is 44.2 Å². The molecule has 5 rings (SSSR count). The van der Waals surface area contributed by atoms with Gasteiger partial charge in [-0.15, -0.1) is 0 Å². The van der Waals surface area contributed by atoms with E-state index in [1.165, 1.54) is 0 Å². The highest BCUT2D eigenvalue weighted by molar-refractivity contribution is 7.08. The molecule has 0 spiro atoms. The maximum absolute atomic E-state index is 12.9. The SMILES string of the molecule is O=C(c1cc(-c2cccnc2)on1)N1CCC[C@@H](Cc2nc(-c3ccsc3)no2)C1. The van der Waals surface area contributed by atoms with Crippen molar-refractivity contribution in [2.45, 2.75) is 19.3 Å². The van der Waals surface area contributed by atoms with E-state index >= 15 is 0 Å². The molecule has 152 valence electrons. The summed E-state index contributed by atoms with van der Waals surface area (Å²) in [6.45, 7) is 1.33. The summed E-state index contributed by atoms with van der Waals surface area (Å²) in [7, 11) is 0. The van der Waals surface area contributed by atoms with E-state index in [0.29, 0.717) is 42.7 Å². The number of piperidine rings is 1. The van der Waals surface area contributed by atoms with Gasteiger partial charge in [0, 0.05) is 54.5 Å². The van der Waals surface area contributed by atoms with Crippen molar-refractivity contribution in [3.8, 4) is 22.7 Å². The predicted molar refractivity (Wildman–Crippen MR) is 110 cm³/mol. The molecule has 1 aliphatic heterocycles. The van der Waals surface area contributed by atoms with Gasteiger partial charge in [0.05, 0.1) is 0 Å². The predicted octanol–water partition coefficient (Wildman–Crippen LogP) is 3.94. The molecule has 9 heteroatoms.